The van der Waals surface area contributed by atoms with Crippen LogP contribution in [0.25, 0.3) is 0 Å². The molecule has 0 aromatic carbocycles. The molecule has 6 fully saturated rings. The average Bonchev–Trinajstić information content (AvgIpc) is 2.45. The molecule has 2 aliphatic carbocycles. The zero-order valence-corrected chi connectivity index (χ0v) is 11.3. The van der Waals surface area contributed by atoms with Crippen molar-refractivity contribution in [3.05, 3.63) is 0 Å². The Bertz CT molecular complexity index is 361. The van der Waals surface area contributed by atoms with Gasteiger partial charge in [-0.25, -0.2) is 4.79 Å². The molecule has 0 amide bonds. The highest BCUT2D eigenvalue weighted by molar-refractivity contribution is 5.81. The monoisotopic (exact) mass is 266 g/mol. The van der Waals surface area contributed by atoms with Crippen LogP contribution in [-0.4, -0.2) is 36.5 Å². The first-order chi connectivity index (χ1) is 9.25. The Morgan fingerprint density at radius 2 is 1.95 bits per heavy atom. The lowest BCUT2D eigenvalue weighted by atomic mass is 9.77. The maximum absolute atomic E-state index is 12.2. The SMILES string of the molecule is O=C(OCC1OC2CCC1CC2)C12CCCC(C1)O2. The number of carbonyl (C=O) groups is 1. The Morgan fingerprint density at radius 3 is 2.53 bits per heavy atom. The normalized spacial score (nSPS) is 47.6. The summed E-state index contributed by atoms with van der Waals surface area (Å²) in [6.45, 7) is 0.426. The van der Waals surface area contributed by atoms with Crippen LogP contribution in [0.2, 0.25) is 0 Å². The van der Waals surface area contributed by atoms with Crippen molar-refractivity contribution in [2.24, 2.45) is 5.92 Å². The average molecular weight is 266 g/mol. The van der Waals surface area contributed by atoms with Crippen LogP contribution < -0.4 is 0 Å². The van der Waals surface area contributed by atoms with E-state index in [0.29, 0.717) is 24.7 Å². The van der Waals surface area contributed by atoms with E-state index in [0.717, 1.165) is 25.7 Å². The zero-order chi connectivity index (χ0) is 12.9. The third-order valence-corrected chi connectivity index (χ3v) is 5.42. The lowest BCUT2D eigenvalue weighted by Gasteiger charge is -2.50. The van der Waals surface area contributed by atoms with E-state index in [1.807, 2.05) is 0 Å². The van der Waals surface area contributed by atoms with Gasteiger partial charge in [-0.1, -0.05) is 0 Å². The predicted octanol–water partition coefficient (Wildman–Crippen LogP) is 2.20. The molecule has 0 aromatic rings. The molecule has 2 saturated carbocycles. The molecule has 4 nitrogen and oxygen atoms in total. The number of hydrogen-bond donors (Lipinski definition) is 0. The van der Waals surface area contributed by atoms with Crippen molar-refractivity contribution in [1.82, 2.24) is 0 Å². The van der Waals surface area contributed by atoms with Gasteiger partial charge in [-0.3, -0.25) is 0 Å². The molecule has 4 saturated heterocycles. The molecule has 0 aromatic heterocycles. The second kappa shape index (κ2) is 4.45. The summed E-state index contributed by atoms with van der Waals surface area (Å²) >= 11 is 0. The summed E-state index contributed by atoms with van der Waals surface area (Å²) in [5.74, 6) is 0.449. The minimum atomic E-state index is -0.587. The van der Waals surface area contributed by atoms with E-state index < -0.39 is 5.60 Å². The predicted molar refractivity (Wildman–Crippen MR) is 67.7 cm³/mol. The third kappa shape index (κ3) is 2.00. The summed E-state index contributed by atoms with van der Waals surface area (Å²) < 4.78 is 17.2. The molecule has 4 heterocycles. The number of carbonyl (C=O) groups excluding carboxylic acids is 1. The molecule has 19 heavy (non-hydrogen) atoms. The molecule has 0 N–H and O–H groups in total. The lowest BCUT2D eigenvalue weighted by Crippen LogP contribution is -2.60. The number of ether oxygens (including phenoxy) is 3. The van der Waals surface area contributed by atoms with Gasteiger partial charge in [0.1, 0.15) is 6.61 Å². The molecule has 4 aliphatic heterocycles. The number of fused-ring (bicyclic) bond motifs is 5. The number of hydrogen-bond acceptors (Lipinski definition) is 4. The van der Waals surface area contributed by atoms with Crippen molar-refractivity contribution in [3.63, 3.8) is 0 Å². The van der Waals surface area contributed by atoms with Gasteiger partial charge in [0.25, 0.3) is 0 Å². The van der Waals surface area contributed by atoms with E-state index in [9.17, 15) is 4.79 Å². The van der Waals surface area contributed by atoms with E-state index in [1.165, 1.54) is 25.7 Å². The van der Waals surface area contributed by atoms with Crippen molar-refractivity contribution in [1.29, 1.82) is 0 Å². The van der Waals surface area contributed by atoms with Crippen LogP contribution in [0.1, 0.15) is 51.4 Å². The van der Waals surface area contributed by atoms with E-state index in [-0.39, 0.29) is 12.1 Å². The largest absolute Gasteiger partial charge is 0.461 e. The highest BCUT2D eigenvalue weighted by Crippen LogP contribution is 2.45. The molecular weight excluding hydrogens is 244 g/mol. The first-order valence-electron chi connectivity index (χ1n) is 7.76. The fraction of sp³-hybridized carbons (Fsp3) is 0.933. The third-order valence-electron chi connectivity index (χ3n) is 5.42. The second-order valence-corrected chi connectivity index (χ2v) is 6.64. The van der Waals surface area contributed by atoms with Crippen molar-refractivity contribution < 1.29 is 19.0 Å². The molecule has 106 valence electrons. The summed E-state index contributed by atoms with van der Waals surface area (Å²) in [6, 6.07) is 0. The summed E-state index contributed by atoms with van der Waals surface area (Å²) in [7, 11) is 0. The van der Waals surface area contributed by atoms with Crippen LogP contribution in [0.4, 0.5) is 0 Å². The number of rotatable bonds is 3. The highest BCUT2D eigenvalue weighted by atomic mass is 16.6. The maximum atomic E-state index is 12.2. The summed E-state index contributed by atoms with van der Waals surface area (Å²) in [5, 5.41) is 0. The molecule has 0 radical (unpaired) electrons. The van der Waals surface area contributed by atoms with E-state index in [1.54, 1.807) is 0 Å². The molecule has 6 rings (SSSR count). The fourth-order valence-corrected chi connectivity index (χ4v) is 4.27. The molecule has 6 aliphatic rings. The van der Waals surface area contributed by atoms with Gasteiger partial charge >= 0.3 is 5.97 Å². The second-order valence-electron chi connectivity index (χ2n) is 6.64. The van der Waals surface area contributed by atoms with Crippen LogP contribution in [0.5, 0.6) is 0 Å². The van der Waals surface area contributed by atoms with Crippen LogP contribution in [0.3, 0.4) is 0 Å². The van der Waals surface area contributed by atoms with Gasteiger partial charge in [-0.2, -0.15) is 0 Å². The van der Waals surface area contributed by atoms with Gasteiger partial charge in [-0.05, 0) is 50.9 Å². The van der Waals surface area contributed by atoms with Gasteiger partial charge < -0.3 is 14.2 Å². The summed E-state index contributed by atoms with van der Waals surface area (Å²) in [4.78, 5) is 12.2. The Morgan fingerprint density at radius 1 is 1.16 bits per heavy atom. The van der Waals surface area contributed by atoms with Crippen molar-refractivity contribution in [3.8, 4) is 0 Å². The summed E-state index contributed by atoms with van der Waals surface area (Å²) in [6.07, 6.45) is 9.57. The minimum absolute atomic E-state index is 0.132. The Balaban J connectivity index is 1.31. The molecule has 0 spiro atoms. The minimum Gasteiger partial charge on any atom is -0.461 e. The molecular formula is C15H22O4. The Hall–Kier alpha value is -0.610. The Labute approximate surface area is 113 Å². The Kier molecular flexibility index (Phi) is 2.85. The highest BCUT2D eigenvalue weighted by Gasteiger charge is 2.55. The molecule has 4 heteroatoms. The lowest BCUT2D eigenvalue weighted by molar-refractivity contribution is -0.249. The van der Waals surface area contributed by atoms with Gasteiger partial charge in [0.05, 0.1) is 18.3 Å². The number of esters is 1. The maximum Gasteiger partial charge on any atom is 0.338 e. The van der Waals surface area contributed by atoms with E-state index >= 15 is 0 Å². The van der Waals surface area contributed by atoms with Crippen LogP contribution in [0.15, 0.2) is 0 Å². The smallest absolute Gasteiger partial charge is 0.338 e. The van der Waals surface area contributed by atoms with E-state index in [4.69, 9.17) is 14.2 Å². The first kappa shape index (κ1) is 12.2. The molecule has 3 atom stereocenters. The fourth-order valence-electron chi connectivity index (χ4n) is 4.27. The molecule has 4 bridgehead atoms. The van der Waals surface area contributed by atoms with Crippen molar-refractivity contribution in [2.75, 3.05) is 6.61 Å². The van der Waals surface area contributed by atoms with Gasteiger partial charge in [0.2, 0.25) is 0 Å². The van der Waals surface area contributed by atoms with Crippen LogP contribution in [0, 0.1) is 5.92 Å². The van der Waals surface area contributed by atoms with Gasteiger partial charge in [-0.15, -0.1) is 0 Å². The topological polar surface area (TPSA) is 44.8 Å². The first-order valence-corrected chi connectivity index (χ1v) is 7.76. The summed E-state index contributed by atoms with van der Waals surface area (Å²) in [5.41, 5.74) is -0.587. The van der Waals surface area contributed by atoms with Crippen LogP contribution in [-0.2, 0) is 19.0 Å². The molecule has 3 unspecified atom stereocenters. The standard InChI is InChI=1S/C15H22O4/c16-14(15-7-1-2-12(8-15)19-15)17-9-13-10-3-5-11(18-13)6-4-10/h10-13H,1-9H2. The van der Waals surface area contributed by atoms with Gasteiger partial charge in [0.15, 0.2) is 5.60 Å². The van der Waals surface area contributed by atoms with E-state index in [2.05, 4.69) is 0 Å². The quantitative estimate of drug-likeness (QED) is 0.735. The van der Waals surface area contributed by atoms with Gasteiger partial charge in [0, 0.05) is 6.42 Å². The van der Waals surface area contributed by atoms with Crippen molar-refractivity contribution >= 4 is 5.97 Å². The van der Waals surface area contributed by atoms with Crippen LogP contribution >= 0.6 is 0 Å². The zero-order valence-electron chi connectivity index (χ0n) is 11.3. The van der Waals surface area contributed by atoms with Crippen molar-refractivity contribution in [2.45, 2.75) is 75.3 Å².